The summed E-state index contributed by atoms with van der Waals surface area (Å²) in [6.45, 7) is 2.15. The van der Waals surface area contributed by atoms with Gasteiger partial charge in [0.25, 0.3) is 5.91 Å². The smallest absolute Gasteiger partial charge is 0.274 e. The molecule has 1 aromatic carbocycles. The van der Waals surface area contributed by atoms with Crippen LogP contribution in [0.4, 0.5) is 10.1 Å². The lowest BCUT2D eigenvalue weighted by molar-refractivity contribution is 0.102. The number of anilines is 1. The predicted octanol–water partition coefficient (Wildman–Crippen LogP) is 2.52. The standard InChI is InChI=1S/C21H19FN6O4S/c1-2-33(30,31)27-11-14(12-27)21-25-19(26-32-21)13-6-7-15(22)16(9-13)24-20(29)17-10-23-18-5-3-4-8-28(17)18/h3-10,14H,2,11-12H2,1H3,(H,24,29). The van der Waals surface area contributed by atoms with Crippen LogP contribution in [-0.4, -0.2) is 57.0 Å². The maximum absolute atomic E-state index is 14.4. The maximum atomic E-state index is 14.4. The van der Waals surface area contributed by atoms with Gasteiger partial charge in [-0.1, -0.05) is 11.2 Å². The van der Waals surface area contributed by atoms with Gasteiger partial charge >= 0.3 is 0 Å². The number of benzene rings is 1. The molecule has 0 spiro atoms. The van der Waals surface area contributed by atoms with E-state index in [4.69, 9.17) is 4.52 Å². The van der Waals surface area contributed by atoms with Crippen molar-refractivity contribution < 1.29 is 22.1 Å². The molecule has 1 fully saturated rings. The molecular formula is C21H19FN6O4S. The number of imidazole rings is 1. The van der Waals surface area contributed by atoms with Crippen LogP contribution in [0.5, 0.6) is 0 Å². The molecule has 5 rings (SSSR count). The molecular weight excluding hydrogens is 451 g/mol. The number of amides is 1. The Labute approximate surface area is 188 Å². The third-order valence-electron chi connectivity index (χ3n) is 5.52. The van der Waals surface area contributed by atoms with E-state index < -0.39 is 21.7 Å². The lowest BCUT2D eigenvalue weighted by Crippen LogP contribution is -2.49. The van der Waals surface area contributed by atoms with Crippen molar-refractivity contribution in [2.24, 2.45) is 0 Å². The molecule has 1 aliphatic rings. The van der Waals surface area contributed by atoms with E-state index >= 15 is 0 Å². The molecule has 0 unspecified atom stereocenters. The Morgan fingerprint density at radius 1 is 1.27 bits per heavy atom. The zero-order chi connectivity index (χ0) is 23.2. The summed E-state index contributed by atoms with van der Waals surface area (Å²) < 4.78 is 46.5. The van der Waals surface area contributed by atoms with Gasteiger partial charge in [-0.3, -0.25) is 9.20 Å². The van der Waals surface area contributed by atoms with E-state index in [1.807, 2.05) is 0 Å². The molecule has 3 aromatic heterocycles. The van der Waals surface area contributed by atoms with Crippen LogP contribution in [0.2, 0.25) is 0 Å². The van der Waals surface area contributed by atoms with Gasteiger partial charge in [0, 0.05) is 24.8 Å². The number of carbonyl (C=O) groups excluding carboxylic acids is 1. The largest absolute Gasteiger partial charge is 0.339 e. The summed E-state index contributed by atoms with van der Waals surface area (Å²) in [4.78, 5) is 21.2. The van der Waals surface area contributed by atoms with Gasteiger partial charge in [0.1, 0.15) is 17.2 Å². The monoisotopic (exact) mass is 470 g/mol. The second-order valence-corrected chi connectivity index (χ2v) is 9.85. The lowest BCUT2D eigenvalue weighted by atomic mass is 10.0. The van der Waals surface area contributed by atoms with E-state index in [1.165, 1.54) is 28.7 Å². The van der Waals surface area contributed by atoms with Crippen molar-refractivity contribution in [3.8, 4) is 11.4 Å². The summed E-state index contributed by atoms with van der Waals surface area (Å²) in [6, 6.07) is 9.41. The molecule has 33 heavy (non-hydrogen) atoms. The van der Waals surface area contributed by atoms with Gasteiger partial charge in [-0.25, -0.2) is 22.1 Å². The van der Waals surface area contributed by atoms with Crippen molar-refractivity contribution in [3.63, 3.8) is 0 Å². The van der Waals surface area contributed by atoms with Gasteiger partial charge in [-0.2, -0.15) is 4.98 Å². The number of carbonyl (C=O) groups is 1. The van der Waals surface area contributed by atoms with Crippen LogP contribution in [0.3, 0.4) is 0 Å². The van der Waals surface area contributed by atoms with Gasteiger partial charge < -0.3 is 9.84 Å². The van der Waals surface area contributed by atoms with Gasteiger partial charge in [0.2, 0.25) is 21.7 Å². The van der Waals surface area contributed by atoms with Gasteiger partial charge in [0.05, 0.1) is 23.6 Å². The van der Waals surface area contributed by atoms with Crippen LogP contribution >= 0.6 is 0 Å². The Bertz CT molecular complexity index is 1460. The molecule has 10 nitrogen and oxygen atoms in total. The van der Waals surface area contributed by atoms with Crippen LogP contribution in [0.1, 0.15) is 29.2 Å². The first kappa shape index (κ1) is 21.2. The Kier molecular flexibility index (Phi) is 5.17. The number of nitrogens with one attached hydrogen (secondary N) is 1. The number of hydrogen-bond donors (Lipinski definition) is 1. The highest BCUT2D eigenvalue weighted by molar-refractivity contribution is 7.89. The number of hydrogen-bond acceptors (Lipinski definition) is 7. The number of nitrogens with zero attached hydrogens (tertiary/aromatic N) is 5. The highest BCUT2D eigenvalue weighted by Crippen LogP contribution is 2.30. The number of fused-ring (bicyclic) bond motifs is 1. The first-order valence-electron chi connectivity index (χ1n) is 10.2. The van der Waals surface area contributed by atoms with Crippen molar-refractivity contribution >= 4 is 27.3 Å². The summed E-state index contributed by atoms with van der Waals surface area (Å²) >= 11 is 0. The molecule has 0 bridgehead atoms. The molecule has 170 valence electrons. The molecule has 1 amide bonds. The molecule has 4 heterocycles. The van der Waals surface area contributed by atoms with E-state index in [0.717, 1.165) is 0 Å². The average Bonchev–Trinajstić information content (AvgIpc) is 3.41. The second-order valence-electron chi connectivity index (χ2n) is 7.59. The summed E-state index contributed by atoms with van der Waals surface area (Å²) in [7, 11) is -3.25. The van der Waals surface area contributed by atoms with Crippen molar-refractivity contribution in [2.45, 2.75) is 12.8 Å². The van der Waals surface area contributed by atoms with Gasteiger partial charge in [-0.15, -0.1) is 0 Å². The third kappa shape index (κ3) is 3.87. The summed E-state index contributed by atoms with van der Waals surface area (Å²) in [6.07, 6.45) is 3.11. The fourth-order valence-corrected chi connectivity index (χ4v) is 4.75. The average molecular weight is 470 g/mol. The zero-order valence-corrected chi connectivity index (χ0v) is 18.3. The van der Waals surface area contributed by atoms with Crippen molar-refractivity contribution in [1.29, 1.82) is 0 Å². The minimum Gasteiger partial charge on any atom is -0.339 e. The van der Waals surface area contributed by atoms with Crippen LogP contribution in [0.25, 0.3) is 17.0 Å². The fraction of sp³-hybridized carbons (Fsp3) is 0.238. The molecule has 1 saturated heterocycles. The molecule has 0 radical (unpaired) electrons. The first-order valence-corrected chi connectivity index (χ1v) is 11.8. The Balaban J connectivity index is 1.34. The molecule has 1 N–H and O–H groups in total. The lowest BCUT2D eigenvalue weighted by Gasteiger charge is -2.35. The van der Waals surface area contributed by atoms with Crippen LogP contribution in [0.15, 0.2) is 53.3 Å². The fourth-order valence-electron chi connectivity index (χ4n) is 3.57. The number of halogens is 1. The van der Waals surface area contributed by atoms with Crippen molar-refractivity contribution in [1.82, 2.24) is 23.8 Å². The summed E-state index contributed by atoms with van der Waals surface area (Å²) in [5.41, 5.74) is 1.25. The minimum absolute atomic E-state index is 0.0357. The van der Waals surface area contributed by atoms with Crippen LogP contribution in [0, 0.1) is 5.82 Å². The predicted molar refractivity (Wildman–Crippen MR) is 117 cm³/mol. The normalized spacial score (nSPS) is 15.0. The number of sulfonamides is 1. The van der Waals surface area contributed by atoms with E-state index in [9.17, 15) is 17.6 Å². The van der Waals surface area contributed by atoms with Gasteiger partial charge in [-0.05, 0) is 37.3 Å². The third-order valence-corrected chi connectivity index (χ3v) is 7.33. The second kappa shape index (κ2) is 8.05. The molecule has 0 saturated carbocycles. The number of aromatic nitrogens is 4. The Hall–Kier alpha value is -3.64. The quantitative estimate of drug-likeness (QED) is 0.459. The SMILES string of the molecule is CCS(=O)(=O)N1CC(c2nc(-c3ccc(F)c(NC(=O)c4cnc5ccccn45)c3)no2)C1. The molecule has 4 aromatic rings. The summed E-state index contributed by atoms with van der Waals surface area (Å²) in [5, 5.41) is 6.50. The topological polar surface area (TPSA) is 123 Å². The van der Waals surface area contributed by atoms with Gasteiger partial charge in [0.15, 0.2) is 0 Å². The summed E-state index contributed by atoms with van der Waals surface area (Å²) in [5.74, 6) is -0.773. The van der Waals surface area contributed by atoms with Crippen molar-refractivity contribution in [2.75, 3.05) is 24.2 Å². The highest BCUT2D eigenvalue weighted by Gasteiger charge is 2.38. The molecule has 12 heteroatoms. The minimum atomic E-state index is -3.25. The van der Waals surface area contributed by atoms with Crippen LogP contribution in [-0.2, 0) is 10.0 Å². The van der Waals surface area contributed by atoms with E-state index in [0.29, 0.717) is 17.1 Å². The molecule has 0 atom stereocenters. The van der Waals surface area contributed by atoms with Crippen molar-refractivity contribution in [3.05, 3.63) is 66.2 Å². The van der Waals surface area contributed by atoms with E-state index in [2.05, 4.69) is 20.4 Å². The Morgan fingerprint density at radius 3 is 2.88 bits per heavy atom. The molecule has 0 aliphatic carbocycles. The van der Waals surface area contributed by atoms with E-state index in [-0.39, 0.29) is 42.0 Å². The molecule has 1 aliphatic heterocycles. The number of pyridine rings is 1. The zero-order valence-electron chi connectivity index (χ0n) is 17.5. The highest BCUT2D eigenvalue weighted by atomic mass is 32.2. The Morgan fingerprint density at radius 2 is 2.09 bits per heavy atom. The maximum Gasteiger partial charge on any atom is 0.274 e. The first-order chi connectivity index (χ1) is 15.9. The van der Waals surface area contributed by atoms with E-state index in [1.54, 1.807) is 35.7 Å². The number of rotatable bonds is 6. The van der Waals surface area contributed by atoms with Crippen LogP contribution < -0.4 is 5.32 Å².